The van der Waals surface area contributed by atoms with Crippen LogP contribution in [0.2, 0.25) is 0 Å². The van der Waals surface area contributed by atoms with E-state index in [1.165, 1.54) is 16.7 Å². The molecule has 1 N–H and O–H groups in total. The number of benzene rings is 1. The van der Waals surface area contributed by atoms with Crippen molar-refractivity contribution in [2.24, 2.45) is 7.05 Å². The van der Waals surface area contributed by atoms with Crippen molar-refractivity contribution in [2.75, 3.05) is 7.05 Å². The summed E-state index contributed by atoms with van der Waals surface area (Å²) in [6.07, 6.45) is 3.17. The Bertz CT molecular complexity index is 588. The second-order valence-corrected chi connectivity index (χ2v) is 6.91. The molecule has 1 heterocycles. The van der Waals surface area contributed by atoms with E-state index in [4.69, 9.17) is 0 Å². The molecule has 1 aromatic heterocycles. The Kier molecular flexibility index (Phi) is 4.52. The van der Waals surface area contributed by atoms with Crippen LogP contribution >= 0.6 is 0 Å². The molecule has 1 aromatic carbocycles. The van der Waals surface area contributed by atoms with Gasteiger partial charge in [-0.2, -0.15) is 5.10 Å². The summed E-state index contributed by atoms with van der Waals surface area (Å²) in [4.78, 5) is 0. The Morgan fingerprint density at radius 3 is 2.33 bits per heavy atom. The fourth-order valence-electron chi connectivity index (χ4n) is 2.53. The lowest BCUT2D eigenvalue weighted by Gasteiger charge is -2.17. The number of rotatable bonds is 4. The average molecular weight is 285 g/mol. The fourth-order valence-corrected chi connectivity index (χ4v) is 2.53. The Balaban J connectivity index is 2.31. The molecule has 0 spiro atoms. The predicted octanol–water partition coefficient (Wildman–Crippen LogP) is 3.54. The lowest BCUT2D eigenvalue weighted by molar-refractivity contribution is 0.554. The molecule has 1 unspecified atom stereocenters. The van der Waals surface area contributed by atoms with Crippen LogP contribution in [0.1, 0.15) is 39.0 Å². The van der Waals surface area contributed by atoms with Gasteiger partial charge < -0.3 is 5.32 Å². The summed E-state index contributed by atoms with van der Waals surface area (Å²) in [7, 11) is 3.99. The highest BCUT2D eigenvalue weighted by molar-refractivity contribution is 5.66. The van der Waals surface area contributed by atoms with E-state index in [9.17, 15) is 0 Å². The van der Waals surface area contributed by atoms with E-state index in [1.807, 2.05) is 18.8 Å². The second kappa shape index (κ2) is 6.02. The second-order valence-electron chi connectivity index (χ2n) is 6.91. The maximum atomic E-state index is 4.65. The molecule has 1 atom stereocenters. The van der Waals surface area contributed by atoms with Gasteiger partial charge >= 0.3 is 0 Å². The van der Waals surface area contributed by atoms with Gasteiger partial charge in [0.2, 0.25) is 0 Å². The zero-order valence-corrected chi connectivity index (χ0v) is 14.1. The van der Waals surface area contributed by atoms with Crippen LogP contribution in [0.4, 0.5) is 0 Å². The SMILES string of the molecule is CNC(C)Cc1ccc(-c2cn(C)nc2C(C)(C)C)cc1. The predicted molar refractivity (Wildman–Crippen MR) is 89.6 cm³/mol. The van der Waals surface area contributed by atoms with E-state index in [0.29, 0.717) is 6.04 Å². The van der Waals surface area contributed by atoms with Crippen LogP contribution in [0.15, 0.2) is 30.5 Å². The minimum atomic E-state index is 0.0515. The summed E-state index contributed by atoms with van der Waals surface area (Å²) in [5.41, 5.74) is 5.05. The van der Waals surface area contributed by atoms with E-state index < -0.39 is 0 Å². The van der Waals surface area contributed by atoms with E-state index in [2.05, 4.69) is 68.6 Å². The lowest BCUT2D eigenvalue weighted by atomic mass is 9.87. The quantitative estimate of drug-likeness (QED) is 0.931. The molecule has 114 valence electrons. The van der Waals surface area contributed by atoms with Crippen molar-refractivity contribution >= 4 is 0 Å². The number of hydrogen-bond acceptors (Lipinski definition) is 2. The van der Waals surface area contributed by atoms with E-state index in [0.717, 1.165) is 12.1 Å². The van der Waals surface area contributed by atoms with Crippen LogP contribution in [-0.4, -0.2) is 22.9 Å². The van der Waals surface area contributed by atoms with Crippen molar-refractivity contribution in [3.05, 3.63) is 41.7 Å². The fraction of sp³-hybridized carbons (Fsp3) is 0.500. The van der Waals surface area contributed by atoms with E-state index in [1.54, 1.807) is 0 Å². The maximum Gasteiger partial charge on any atom is 0.0756 e. The highest BCUT2D eigenvalue weighted by Gasteiger charge is 2.22. The van der Waals surface area contributed by atoms with Crippen molar-refractivity contribution in [3.63, 3.8) is 0 Å². The van der Waals surface area contributed by atoms with Gasteiger partial charge in [0.05, 0.1) is 5.69 Å². The van der Waals surface area contributed by atoms with Crippen LogP contribution in [0.5, 0.6) is 0 Å². The van der Waals surface area contributed by atoms with Gasteiger partial charge in [-0.05, 0) is 31.5 Å². The molecule has 2 aromatic rings. The van der Waals surface area contributed by atoms with E-state index in [-0.39, 0.29) is 5.41 Å². The first-order valence-corrected chi connectivity index (χ1v) is 7.62. The topological polar surface area (TPSA) is 29.9 Å². The van der Waals surface area contributed by atoms with Crippen LogP contribution < -0.4 is 5.32 Å². The Labute approximate surface area is 128 Å². The van der Waals surface area contributed by atoms with Gasteiger partial charge in [0.1, 0.15) is 0 Å². The minimum absolute atomic E-state index is 0.0515. The van der Waals surface area contributed by atoms with Gasteiger partial charge in [0.15, 0.2) is 0 Å². The van der Waals surface area contributed by atoms with E-state index >= 15 is 0 Å². The minimum Gasteiger partial charge on any atom is -0.317 e. The molecule has 0 aliphatic carbocycles. The molecule has 0 radical (unpaired) electrons. The number of hydrogen-bond donors (Lipinski definition) is 1. The van der Waals surface area contributed by atoms with Gasteiger partial charge in [-0.15, -0.1) is 0 Å². The Morgan fingerprint density at radius 2 is 1.81 bits per heavy atom. The first-order valence-electron chi connectivity index (χ1n) is 7.62. The van der Waals surface area contributed by atoms with Gasteiger partial charge in [-0.3, -0.25) is 4.68 Å². The summed E-state index contributed by atoms with van der Waals surface area (Å²) in [5.74, 6) is 0. The zero-order chi connectivity index (χ0) is 15.6. The van der Waals surface area contributed by atoms with Gasteiger partial charge in [-0.1, -0.05) is 45.0 Å². The molecule has 3 heteroatoms. The summed E-state index contributed by atoms with van der Waals surface area (Å²) in [6.45, 7) is 8.83. The molecule has 0 bridgehead atoms. The van der Waals surface area contributed by atoms with Gasteiger partial charge in [-0.25, -0.2) is 0 Å². The third-order valence-electron chi connectivity index (χ3n) is 3.84. The summed E-state index contributed by atoms with van der Waals surface area (Å²) in [6, 6.07) is 9.37. The van der Waals surface area contributed by atoms with Crippen LogP contribution in [0.3, 0.4) is 0 Å². The number of nitrogens with zero attached hydrogens (tertiary/aromatic N) is 2. The van der Waals surface area contributed by atoms with Crippen LogP contribution in [-0.2, 0) is 18.9 Å². The third-order valence-corrected chi connectivity index (χ3v) is 3.84. The summed E-state index contributed by atoms with van der Waals surface area (Å²) in [5, 5.41) is 7.93. The van der Waals surface area contributed by atoms with Crippen LogP contribution in [0, 0.1) is 0 Å². The number of aryl methyl sites for hydroxylation is 1. The summed E-state index contributed by atoms with van der Waals surface area (Å²) >= 11 is 0. The first-order chi connectivity index (χ1) is 9.81. The highest BCUT2D eigenvalue weighted by atomic mass is 15.3. The molecule has 21 heavy (non-hydrogen) atoms. The Hall–Kier alpha value is -1.61. The molecule has 0 fully saturated rings. The number of nitrogens with one attached hydrogen (secondary N) is 1. The molecule has 0 aliphatic rings. The zero-order valence-electron chi connectivity index (χ0n) is 14.1. The van der Waals surface area contributed by atoms with Crippen molar-refractivity contribution in [3.8, 4) is 11.1 Å². The molecular formula is C18H27N3. The number of aromatic nitrogens is 2. The molecule has 0 saturated carbocycles. The summed E-state index contributed by atoms with van der Waals surface area (Å²) < 4.78 is 1.91. The molecular weight excluding hydrogens is 258 g/mol. The largest absolute Gasteiger partial charge is 0.317 e. The molecule has 0 amide bonds. The lowest BCUT2D eigenvalue weighted by Crippen LogP contribution is -2.23. The molecule has 2 rings (SSSR count). The third kappa shape index (κ3) is 3.73. The molecule has 3 nitrogen and oxygen atoms in total. The normalized spacial score (nSPS) is 13.4. The number of likely N-dealkylation sites (N-methyl/N-ethyl adjacent to an activating group) is 1. The molecule has 0 aliphatic heterocycles. The van der Waals surface area contributed by atoms with Gasteiger partial charge in [0, 0.05) is 30.3 Å². The van der Waals surface area contributed by atoms with Crippen molar-refractivity contribution in [1.29, 1.82) is 0 Å². The van der Waals surface area contributed by atoms with Crippen molar-refractivity contribution in [1.82, 2.24) is 15.1 Å². The Morgan fingerprint density at radius 1 is 1.19 bits per heavy atom. The maximum absolute atomic E-state index is 4.65. The van der Waals surface area contributed by atoms with Crippen LogP contribution in [0.25, 0.3) is 11.1 Å². The standard InChI is InChI=1S/C18H27N3/c1-13(19-5)11-14-7-9-15(10-8-14)16-12-21(6)20-17(16)18(2,3)4/h7-10,12-13,19H,11H2,1-6H3. The van der Waals surface area contributed by atoms with Crippen molar-refractivity contribution in [2.45, 2.75) is 45.6 Å². The monoisotopic (exact) mass is 285 g/mol. The smallest absolute Gasteiger partial charge is 0.0756 e. The van der Waals surface area contributed by atoms with Gasteiger partial charge in [0.25, 0.3) is 0 Å². The average Bonchev–Trinajstić information content (AvgIpc) is 2.81. The molecule has 0 saturated heterocycles. The first kappa shape index (κ1) is 15.8. The van der Waals surface area contributed by atoms with Crippen molar-refractivity contribution < 1.29 is 0 Å². The highest BCUT2D eigenvalue weighted by Crippen LogP contribution is 2.31.